The van der Waals surface area contributed by atoms with E-state index in [9.17, 15) is 0 Å². The van der Waals surface area contributed by atoms with Crippen molar-refractivity contribution in [2.24, 2.45) is 5.92 Å². The van der Waals surface area contributed by atoms with Crippen LogP contribution in [0.5, 0.6) is 5.88 Å². The Morgan fingerprint density at radius 1 is 1.21 bits per heavy atom. The largest absolute Gasteiger partial charge is 0.481 e. The number of hydrogen-bond donors (Lipinski definition) is 0. The van der Waals surface area contributed by atoms with E-state index < -0.39 is 0 Å². The molecular weight excluding hydrogens is 304 g/mol. The van der Waals surface area contributed by atoms with Crippen LogP contribution in [0.3, 0.4) is 0 Å². The van der Waals surface area contributed by atoms with Crippen molar-refractivity contribution in [2.45, 2.75) is 56.2 Å². The SMILES string of the molecule is COc1cc(CC(Br)C2CCCCCCC2)ncn1. The fraction of sp³-hybridized carbons (Fsp3) is 0.733. The Morgan fingerprint density at radius 3 is 2.58 bits per heavy atom. The third-order valence-corrected chi connectivity index (χ3v) is 5.04. The van der Waals surface area contributed by atoms with E-state index in [1.54, 1.807) is 13.4 Å². The minimum atomic E-state index is 0.519. The first-order valence-corrected chi connectivity index (χ1v) is 8.20. The molecule has 1 aliphatic carbocycles. The van der Waals surface area contributed by atoms with Crippen LogP contribution in [0.25, 0.3) is 0 Å². The summed E-state index contributed by atoms with van der Waals surface area (Å²) in [6, 6.07) is 1.94. The Bertz CT molecular complexity index is 378. The molecule has 2 rings (SSSR count). The molecular formula is C15H23BrN2O. The highest BCUT2D eigenvalue weighted by atomic mass is 79.9. The summed E-state index contributed by atoms with van der Waals surface area (Å²) in [5.41, 5.74) is 1.07. The Balaban J connectivity index is 1.92. The summed E-state index contributed by atoms with van der Waals surface area (Å²) in [6.07, 6.45) is 12.2. The van der Waals surface area contributed by atoms with Gasteiger partial charge in [-0.25, -0.2) is 9.97 Å². The van der Waals surface area contributed by atoms with Crippen molar-refractivity contribution in [1.82, 2.24) is 9.97 Å². The predicted octanol–water partition coefficient (Wildman–Crippen LogP) is 4.15. The van der Waals surface area contributed by atoms with E-state index >= 15 is 0 Å². The van der Waals surface area contributed by atoms with Crippen LogP contribution < -0.4 is 4.74 Å². The van der Waals surface area contributed by atoms with Gasteiger partial charge in [-0.2, -0.15) is 0 Å². The molecule has 4 heteroatoms. The molecule has 0 radical (unpaired) electrons. The summed E-state index contributed by atoms with van der Waals surface area (Å²) >= 11 is 3.88. The zero-order chi connectivity index (χ0) is 13.5. The summed E-state index contributed by atoms with van der Waals surface area (Å²) in [5, 5.41) is 0. The van der Waals surface area contributed by atoms with Gasteiger partial charge in [-0.1, -0.05) is 48.0 Å². The Morgan fingerprint density at radius 2 is 1.89 bits per heavy atom. The van der Waals surface area contributed by atoms with Gasteiger partial charge >= 0.3 is 0 Å². The molecule has 1 fully saturated rings. The van der Waals surface area contributed by atoms with Crippen LogP contribution in [-0.2, 0) is 6.42 Å². The number of rotatable bonds is 4. The minimum Gasteiger partial charge on any atom is -0.481 e. The second-order valence-electron chi connectivity index (χ2n) is 5.38. The lowest BCUT2D eigenvalue weighted by Crippen LogP contribution is -2.19. The van der Waals surface area contributed by atoms with Crippen LogP contribution in [0.1, 0.15) is 50.6 Å². The number of aromatic nitrogens is 2. The van der Waals surface area contributed by atoms with Gasteiger partial charge < -0.3 is 4.74 Å². The van der Waals surface area contributed by atoms with Gasteiger partial charge in [0.1, 0.15) is 6.33 Å². The average Bonchev–Trinajstić information content (AvgIpc) is 2.38. The van der Waals surface area contributed by atoms with Gasteiger partial charge in [0.2, 0.25) is 5.88 Å². The number of hydrogen-bond acceptors (Lipinski definition) is 3. The fourth-order valence-corrected chi connectivity index (χ4v) is 3.68. The highest BCUT2D eigenvalue weighted by molar-refractivity contribution is 9.09. The third kappa shape index (κ3) is 4.75. The van der Waals surface area contributed by atoms with Gasteiger partial charge in [0, 0.05) is 23.0 Å². The van der Waals surface area contributed by atoms with Crippen LogP contribution in [0.2, 0.25) is 0 Å². The van der Waals surface area contributed by atoms with Crippen LogP contribution in [-0.4, -0.2) is 21.9 Å². The number of methoxy groups -OCH3 is 1. The lowest BCUT2D eigenvalue weighted by Gasteiger charge is -2.24. The quantitative estimate of drug-likeness (QED) is 0.779. The van der Waals surface area contributed by atoms with Crippen molar-refractivity contribution in [3.05, 3.63) is 18.1 Å². The van der Waals surface area contributed by atoms with Gasteiger partial charge in [0.05, 0.1) is 7.11 Å². The van der Waals surface area contributed by atoms with E-state index in [0.29, 0.717) is 10.7 Å². The van der Waals surface area contributed by atoms with Crippen molar-refractivity contribution < 1.29 is 4.74 Å². The van der Waals surface area contributed by atoms with Crippen molar-refractivity contribution >= 4 is 15.9 Å². The topological polar surface area (TPSA) is 35.0 Å². The first-order valence-electron chi connectivity index (χ1n) is 7.28. The fourth-order valence-electron chi connectivity index (χ4n) is 2.82. The van der Waals surface area contributed by atoms with E-state index in [0.717, 1.165) is 18.0 Å². The van der Waals surface area contributed by atoms with Gasteiger partial charge in [0.25, 0.3) is 0 Å². The van der Waals surface area contributed by atoms with Crippen molar-refractivity contribution in [3.8, 4) is 5.88 Å². The number of ether oxygens (including phenoxy) is 1. The Hall–Kier alpha value is -0.640. The van der Waals surface area contributed by atoms with E-state index in [4.69, 9.17) is 4.74 Å². The molecule has 0 N–H and O–H groups in total. The first-order chi connectivity index (χ1) is 9.29. The molecule has 1 atom stereocenters. The molecule has 106 valence electrons. The van der Waals surface area contributed by atoms with Crippen molar-refractivity contribution in [3.63, 3.8) is 0 Å². The maximum Gasteiger partial charge on any atom is 0.216 e. The molecule has 1 aromatic rings. The lowest BCUT2D eigenvalue weighted by atomic mass is 9.87. The van der Waals surface area contributed by atoms with E-state index in [1.165, 1.54) is 44.9 Å². The molecule has 1 heterocycles. The smallest absolute Gasteiger partial charge is 0.216 e. The molecule has 3 nitrogen and oxygen atoms in total. The van der Waals surface area contributed by atoms with E-state index in [-0.39, 0.29) is 0 Å². The van der Waals surface area contributed by atoms with Crippen LogP contribution in [0.15, 0.2) is 12.4 Å². The van der Waals surface area contributed by atoms with Crippen molar-refractivity contribution in [1.29, 1.82) is 0 Å². The van der Waals surface area contributed by atoms with E-state index in [2.05, 4.69) is 25.9 Å². The molecule has 1 unspecified atom stereocenters. The van der Waals surface area contributed by atoms with Crippen LogP contribution in [0, 0.1) is 5.92 Å². The summed E-state index contributed by atoms with van der Waals surface area (Å²) < 4.78 is 5.15. The van der Waals surface area contributed by atoms with E-state index in [1.807, 2.05) is 6.07 Å². The molecule has 1 saturated carbocycles. The normalized spacial score (nSPS) is 19.5. The zero-order valence-electron chi connectivity index (χ0n) is 11.6. The standard InChI is InChI=1S/C15H23BrN2O/c1-19-15-10-13(17-11-18-15)9-14(16)12-7-5-3-2-4-6-8-12/h10-12,14H,2-9H2,1H3. The predicted molar refractivity (Wildman–Crippen MR) is 80.8 cm³/mol. The monoisotopic (exact) mass is 326 g/mol. The highest BCUT2D eigenvalue weighted by Crippen LogP contribution is 2.30. The van der Waals surface area contributed by atoms with Gasteiger partial charge in [-0.3, -0.25) is 0 Å². The van der Waals surface area contributed by atoms with Crippen LogP contribution in [0.4, 0.5) is 0 Å². The zero-order valence-corrected chi connectivity index (χ0v) is 13.2. The molecule has 0 aliphatic heterocycles. The molecule has 19 heavy (non-hydrogen) atoms. The van der Waals surface area contributed by atoms with Gasteiger partial charge in [-0.05, 0) is 18.8 Å². The molecule has 0 aromatic carbocycles. The number of alkyl halides is 1. The molecule has 1 aliphatic rings. The third-order valence-electron chi connectivity index (χ3n) is 3.97. The molecule has 0 saturated heterocycles. The Labute approximate surface area is 124 Å². The van der Waals surface area contributed by atoms with Gasteiger partial charge in [-0.15, -0.1) is 0 Å². The molecule has 0 bridgehead atoms. The van der Waals surface area contributed by atoms with Crippen molar-refractivity contribution in [2.75, 3.05) is 7.11 Å². The summed E-state index contributed by atoms with van der Waals surface area (Å²) in [6.45, 7) is 0. The molecule has 0 spiro atoms. The summed E-state index contributed by atoms with van der Waals surface area (Å²) in [5.74, 6) is 1.43. The first kappa shape index (κ1) is 14.8. The number of halogens is 1. The summed E-state index contributed by atoms with van der Waals surface area (Å²) in [7, 11) is 1.65. The number of nitrogens with zero attached hydrogens (tertiary/aromatic N) is 2. The second kappa shape index (κ2) is 7.83. The van der Waals surface area contributed by atoms with Crippen LogP contribution >= 0.6 is 15.9 Å². The Kier molecular flexibility index (Phi) is 6.08. The molecule has 0 amide bonds. The second-order valence-corrected chi connectivity index (χ2v) is 6.55. The molecule has 1 aromatic heterocycles. The minimum absolute atomic E-state index is 0.519. The van der Waals surface area contributed by atoms with Gasteiger partial charge in [0.15, 0.2) is 0 Å². The highest BCUT2D eigenvalue weighted by Gasteiger charge is 2.20. The summed E-state index contributed by atoms with van der Waals surface area (Å²) in [4.78, 5) is 8.92. The average molecular weight is 327 g/mol. The maximum atomic E-state index is 5.15. The maximum absolute atomic E-state index is 5.15. The lowest BCUT2D eigenvalue weighted by molar-refractivity contribution is 0.368.